The molecular weight excluding hydrogens is 463 g/mol. The second kappa shape index (κ2) is 8.40. The Labute approximate surface area is 197 Å². The molecule has 2 heterocycles. The molecule has 0 bridgehead atoms. The lowest BCUT2D eigenvalue weighted by molar-refractivity contribution is -0.144. The van der Waals surface area contributed by atoms with Gasteiger partial charge in [-0.15, -0.1) is 0 Å². The van der Waals surface area contributed by atoms with Crippen LogP contribution in [0.1, 0.15) is 48.7 Å². The molecular formula is C24H22F3N5O3. The number of rotatable bonds is 5. The molecule has 35 heavy (non-hydrogen) atoms. The number of benzene rings is 2. The maximum atomic E-state index is 13.1. The van der Waals surface area contributed by atoms with Crippen LogP contribution < -0.4 is 10.6 Å². The van der Waals surface area contributed by atoms with Crippen molar-refractivity contribution in [2.24, 2.45) is 0 Å². The van der Waals surface area contributed by atoms with E-state index < -0.39 is 48.0 Å². The quantitative estimate of drug-likeness (QED) is 0.480. The number of hydrogen-bond acceptors (Lipinski definition) is 4. The third kappa shape index (κ3) is 4.22. The van der Waals surface area contributed by atoms with Crippen LogP contribution in [-0.2, 0) is 15.8 Å². The van der Waals surface area contributed by atoms with Crippen LogP contribution in [0.5, 0.6) is 0 Å². The summed E-state index contributed by atoms with van der Waals surface area (Å²) in [5.74, 6) is -2.08. The highest BCUT2D eigenvalue weighted by Gasteiger charge is 2.52. The molecule has 0 radical (unpaired) electrons. The van der Waals surface area contributed by atoms with Gasteiger partial charge in [-0.2, -0.15) is 13.2 Å². The van der Waals surface area contributed by atoms with Gasteiger partial charge in [0.05, 0.1) is 17.1 Å². The van der Waals surface area contributed by atoms with Crippen LogP contribution in [-0.4, -0.2) is 44.8 Å². The van der Waals surface area contributed by atoms with E-state index in [0.29, 0.717) is 24.0 Å². The van der Waals surface area contributed by atoms with Crippen molar-refractivity contribution in [1.82, 2.24) is 25.5 Å². The maximum Gasteiger partial charge on any atom is 0.449 e. The van der Waals surface area contributed by atoms with Crippen LogP contribution in [0.3, 0.4) is 0 Å². The van der Waals surface area contributed by atoms with Crippen LogP contribution in [0.15, 0.2) is 48.5 Å². The van der Waals surface area contributed by atoms with Gasteiger partial charge in [-0.25, -0.2) is 9.78 Å². The molecule has 1 aliphatic heterocycles. The van der Waals surface area contributed by atoms with E-state index in [-0.39, 0.29) is 11.0 Å². The molecule has 3 N–H and O–H groups in total. The van der Waals surface area contributed by atoms with E-state index in [2.05, 4.69) is 20.6 Å². The Kier molecular flexibility index (Phi) is 5.49. The van der Waals surface area contributed by atoms with Crippen molar-refractivity contribution in [1.29, 1.82) is 0 Å². The molecule has 11 heteroatoms. The first-order valence-corrected chi connectivity index (χ1v) is 11.2. The van der Waals surface area contributed by atoms with E-state index in [0.717, 1.165) is 17.7 Å². The number of carbonyl (C=O) groups is 3. The van der Waals surface area contributed by atoms with Crippen molar-refractivity contribution in [2.75, 3.05) is 6.54 Å². The molecule has 2 aromatic carbocycles. The smallest absolute Gasteiger partial charge is 0.344 e. The number of aromatic amines is 1. The number of nitrogens with one attached hydrogen (secondary N) is 3. The van der Waals surface area contributed by atoms with Crippen molar-refractivity contribution in [3.8, 4) is 0 Å². The fourth-order valence-corrected chi connectivity index (χ4v) is 4.83. The number of hydrogen-bond donors (Lipinski definition) is 3. The summed E-state index contributed by atoms with van der Waals surface area (Å²) in [6.07, 6.45) is -1.87. The maximum absolute atomic E-state index is 13.1. The number of H-pyrrole nitrogens is 1. The van der Waals surface area contributed by atoms with E-state index in [1.165, 1.54) is 12.1 Å². The fourth-order valence-electron chi connectivity index (χ4n) is 4.83. The number of carbonyl (C=O) groups excluding carboxylic acids is 3. The highest BCUT2D eigenvalue weighted by molar-refractivity contribution is 6.09. The van der Waals surface area contributed by atoms with Crippen LogP contribution in [0.4, 0.5) is 18.0 Å². The Hall–Kier alpha value is -3.89. The topological polar surface area (TPSA) is 107 Å². The third-order valence-corrected chi connectivity index (χ3v) is 6.55. The molecule has 1 spiro atoms. The van der Waals surface area contributed by atoms with E-state index in [4.69, 9.17) is 0 Å². The zero-order valence-corrected chi connectivity index (χ0v) is 18.5. The summed E-state index contributed by atoms with van der Waals surface area (Å²) in [5.41, 5.74) is 0.583. The first kappa shape index (κ1) is 22.9. The van der Waals surface area contributed by atoms with Crippen LogP contribution >= 0.6 is 0 Å². The van der Waals surface area contributed by atoms with Gasteiger partial charge in [0.15, 0.2) is 0 Å². The SMILES string of the molecule is O=C(CN1C(=O)NC2(CCCC2)C1=O)NC(c1ccccc1)c1ccc2nc(C(F)(F)F)[nH]c2c1. The molecule has 1 atom stereocenters. The first-order chi connectivity index (χ1) is 16.7. The third-order valence-electron chi connectivity index (χ3n) is 6.55. The molecule has 4 amide bonds. The zero-order valence-electron chi connectivity index (χ0n) is 18.5. The Morgan fingerprint density at radius 2 is 1.80 bits per heavy atom. The van der Waals surface area contributed by atoms with E-state index in [1.807, 2.05) is 0 Å². The molecule has 1 saturated heterocycles. The van der Waals surface area contributed by atoms with Gasteiger partial charge in [-0.05, 0) is 36.1 Å². The summed E-state index contributed by atoms with van der Waals surface area (Å²) < 4.78 is 39.2. The van der Waals surface area contributed by atoms with Gasteiger partial charge in [0.1, 0.15) is 12.1 Å². The van der Waals surface area contributed by atoms with Gasteiger partial charge in [-0.3, -0.25) is 14.5 Å². The van der Waals surface area contributed by atoms with Gasteiger partial charge in [-0.1, -0.05) is 49.2 Å². The normalized spacial score (nSPS) is 18.3. The minimum Gasteiger partial charge on any atom is -0.344 e. The molecule has 1 aromatic heterocycles. The summed E-state index contributed by atoms with van der Waals surface area (Å²) in [6.45, 7) is -0.458. The van der Waals surface area contributed by atoms with Gasteiger partial charge < -0.3 is 15.6 Å². The number of fused-ring (bicyclic) bond motifs is 1. The van der Waals surface area contributed by atoms with Gasteiger partial charge in [0.25, 0.3) is 5.91 Å². The number of nitrogens with zero attached hydrogens (tertiary/aromatic N) is 2. The molecule has 2 aliphatic rings. The van der Waals surface area contributed by atoms with Crippen LogP contribution in [0, 0.1) is 0 Å². The predicted octanol–water partition coefficient (Wildman–Crippen LogP) is 3.65. The standard InChI is InChI=1S/C24H22F3N5O3/c25-24(26,27)20-28-16-9-8-15(12-17(16)29-20)19(14-6-2-1-3-7-14)30-18(33)13-32-21(34)23(31-22(32)35)10-4-5-11-23/h1-3,6-9,12,19H,4-5,10-11,13H2,(H,28,29)(H,30,33)(H,31,35). The lowest BCUT2D eigenvalue weighted by Gasteiger charge is -2.22. The second-order valence-corrected chi connectivity index (χ2v) is 8.88. The number of imide groups is 1. The monoisotopic (exact) mass is 485 g/mol. The van der Waals surface area contributed by atoms with Crippen molar-refractivity contribution >= 4 is 28.9 Å². The number of imidazole rings is 1. The highest BCUT2D eigenvalue weighted by atomic mass is 19.4. The summed E-state index contributed by atoms with van der Waals surface area (Å²) in [4.78, 5) is 45.1. The van der Waals surface area contributed by atoms with Gasteiger partial charge in [0.2, 0.25) is 11.7 Å². The minimum atomic E-state index is -4.62. The first-order valence-electron chi connectivity index (χ1n) is 11.2. The summed E-state index contributed by atoms with van der Waals surface area (Å²) in [7, 11) is 0. The largest absolute Gasteiger partial charge is 0.449 e. The van der Waals surface area contributed by atoms with Crippen LogP contribution in [0.25, 0.3) is 11.0 Å². The number of alkyl halides is 3. The number of aromatic nitrogens is 2. The Morgan fingerprint density at radius 3 is 2.49 bits per heavy atom. The van der Waals surface area contributed by atoms with E-state index in [1.54, 1.807) is 36.4 Å². The second-order valence-electron chi connectivity index (χ2n) is 8.88. The molecule has 8 nitrogen and oxygen atoms in total. The zero-order chi connectivity index (χ0) is 24.8. The van der Waals surface area contributed by atoms with E-state index in [9.17, 15) is 27.6 Å². The van der Waals surface area contributed by atoms with Crippen molar-refractivity contribution in [3.05, 3.63) is 65.5 Å². The minimum absolute atomic E-state index is 0.139. The molecule has 2 fully saturated rings. The molecule has 1 unspecified atom stereocenters. The predicted molar refractivity (Wildman–Crippen MR) is 119 cm³/mol. The molecule has 3 aromatic rings. The van der Waals surface area contributed by atoms with Gasteiger partial charge in [0, 0.05) is 0 Å². The molecule has 5 rings (SSSR count). The average Bonchev–Trinajstić information content (AvgIpc) is 3.53. The average molecular weight is 485 g/mol. The Morgan fingerprint density at radius 1 is 1.09 bits per heavy atom. The lowest BCUT2D eigenvalue weighted by Crippen LogP contribution is -2.45. The van der Waals surface area contributed by atoms with Crippen LogP contribution in [0.2, 0.25) is 0 Å². The number of urea groups is 1. The Balaban J connectivity index is 1.41. The summed E-state index contributed by atoms with van der Waals surface area (Å²) >= 11 is 0. The van der Waals surface area contributed by atoms with Gasteiger partial charge >= 0.3 is 12.2 Å². The highest BCUT2D eigenvalue weighted by Crippen LogP contribution is 2.35. The van der Waals surface area contributed by atoms with E-state index >= 15 is 0 Å². The van der Waals surface area contributed by atoms with Crippen molar-refractivity contribution in [2.45, 2.75) is 43.4 Å². The molecule has 1 saturated carbocycles. The Bertz CT molecular complexity index is 1300. The lowest BCUT2D eigenvalue weighted by atomic mass is 9.97. The number of halogens is 3. The summed E-state index contributed by atoms with van der Waals surface area (Å²) in [5, 5.41) is 5.57. The fraction of sp³-hybridized carbons (Fsp3) is 0.333. The number of amides is 4. The molecule has 182 valence electrons. The summed E-state index contributed by atoms with van der Waals surface area (Å²) in [6, 6.07) is 12.1. The van der Waals surface area contributed by atoms with Crippen molar-refractivity contribution < 1.29 is 27.6 Å². The molecule has 1 aliphatic carbocycles. The van der Waals surface area contributed by atoms with Crippen molar-refractivity contribution in [3.63, 3.8) is 0 Å².